The van der Waals surface area contributed by atoms with Crippen molar-refractivity contribution < 1.29 is 13.5 Å². The van der Waals surface area contributed by atoms with Crippen LogP contribution in [0.25, 0.3) is 0 Å². The van der Waals surface area contributed by atoms with E-state index in [0.717, 1.165) is 25.7 Å². The average Bonchev–Trinajstić information content (AvgIpc) is 2.92. The van der Waals surface area contributed by atoms with Crippen molar-refractivity contribution in [3.8, 4) is 11.8 Å². The topological polar surface area (TPSA) is 66.4 Å². The third kappa shape index (κ3) is 3.49. The molecular weight excluding hydrogens is 262 g/mol. The lowest BCUT2D eigenvalue weighted by molar-refractivity contribution is 0.350. The molecule has 0 radical (unpaired) electrons. The van der Waals surface area contributed by atoms with Crippen molar-refractivity contribution in [2.45, 2.75) is 30.9 Å². The fraction of sp³-hybridized carbons (Fsp3) is 0.429. The summed E-state index contributed by atoms with van der Waals surface area (Å²) in [5.41, 5.74) is 1.06. The van der Waals surface area contributed by atoms with E-state index in [-0.39, 0.29) is 11.9 Å². The fourth-order valence-electron chi connectivity index (χ4n) is 2.25. The zero-order valence-corrected chi connectivity index (χ0v) is 11.4. The van der Waals surface area contributed by atoms with Crippen molar-refractivity contribution in [2.24, 2.45) is 0 Å². The zero-order chi connectivity index (χ0) is 13.7. The second kappa shape index (κ2) is 6.09. The van der Waals surface area contributed by atoms with Crippen molar-refractivity contribution in [1.82, 2.24) is 0 Å². The molecule has 1 aromatic carbocycles. The third-order valence-corrected chi connectivity index (χ3v) is 5.08. The fourth-order valence-corrected chi connectivity index (χ4v) is 3.86. The highest BCUT2D eigenvalue weighted by Gasteiger charge is 2.28. The quantitative estimate of drug-likeness (QED) is 0.828. The van der Waals surface area contributed by atoms with Crippen LogP contribution in [0.3, 0.4) is 0 Å². The van der Waals surface area contributed by atoms with Gasteiger partial charge in [0.15, 0.2) is 0 Å². The molecule has 1 aromatic rings. The lowest BCUT2D eigenvalue weighted by atomic mass is 10.2. The van der Waals surface area contributed by atoms with E-state index in [1.165, 1.54) is 0 Å². The highest BCUT2D eigenvalue weighted by molar-refractivity contribution is 7.93. The number of benzene rings is 1. The van der Waals surface area contributed by atoms with Gasteiger partial charge in [-0.3, -0.25) is 4.72 Å². The van der Waals surface area contributed by atoms with Gasteiger partial charge in [0.25, 0.3) is 0 Å². The van der Waals surface area contributed by atoms with Crippen LogP contribution in [0.5, 0.6) is 0 Å². The molecule has 2 rings (SSSR count). The minimum absolute atomic E-state index is 0.246. The van der Waals surface area contributed by atoms with Gasteiger partial charge in [-0.2, -0.15) is 0 Å². The van der Waals surface area contributed by atoms with E-state index >= 15 is 0 Å². The van der Waals surface area contributed by atoms with E-state index in [0.29, 0.717) is 11.3 Å². The van der Waals surface area contributed by atoms with E-state index in [4.69, 9.17) is 5.11 Å². The summed E-state index contributed by atoms with van der Waals surface area (Å²) < 4.78 is 27.1. The Morgan fingerprint density at radius 2 is 1.95 bits per heavy atom. The second-order valence-corrected chi connectivity index (χ2v) is 6.52. The first-order chi connectivity index (χ1) is 9.13. The molecule has 1 fully saturated rings. The molecule has 0 amide bonds. The van der Waals surface area contributed by atoms with Crippen LogP contribution in [-0.4, -0.2) is 25.4 Å². The molecule has 5 heteroatoms. The Bertz CT molecular complexity index is 593. The van der Waals surface area contributed by atoms with Gasteiger partial charge in [0.2, 0.25) is 10.0 Å². The first kappa shape index (κ1) is 13.9. The van der Waals surface area contributed by atoms with E-state index < -0.39 is 10.0 Å². The highest BCUT2D eigenvalue weighted by Crippen LogP contribution is 2.27. The van der Waals surface area contributed by atoms with Gasteiger partial charge in [-0.05, 0) is 25.0 Å². The SMILES string of the molecule is O=S(=O)(Nc1ccccc1C#CCO)C1CCCC1. The largest absolute Gasteiger partial charge is 0.384 e. The predicted molar refractivity (Wildman–Crippen MR) is 75.2 cm³/mol. The Kier molecular flexibility index (Phi) is 4.46. The molecule has 0 bridgehead atoms. The van der Waals surface area contributed by atoms with Crippen LogP contribution in [0.2, 0.25) is 0 Å². The van der Waals surface area contributed by atoms with Crippen LogP contribution in [0.15, 0.2) is 24.3 Å². The van der Waals surface area contributed by atoms with Gasteiger partial charge in [-0.1, -0.05) is 36.8 Å². The van der Waals surface area contributed by atoms with Crippen molar-refractivity contribution >= 4 is 15.7 Å². The molecule has 0 aromatic heterocycles. The lowest BCUT2D eigenvalue weighted by Gasteiger charge is -2.14. The van der Waals surface area contributed by atoms with Crippen molar-refractivity contribution in [2.75, 3.05) is 11.3 Å². The number of sulfonamides is 1. The molecule has 0 unspecified atom stereocenters. The van der Waals surface area contributed by atoms with Crippen LogP contribution in [0, 0.1) is 11.8 Å². The van der Waals surface area contributed by atoms with E-state index in [2.05, 4.69) is 16.6 Å². The number of hydrogen-bond donors (Lipinski definition) is 2. The molecule has 1 saturated carbocycles. The third-order valence-electron chi connectivity index (χ3n) is 3.22. The molecular formula is C14H17NO3S. The minimum atomic E-state index is -3.34. The van der Waals surface area contributed by atoms with Gasteiger partial charge in [0, 0.05) is 5.56 Å². The van der Waals surface area contributed by atoms with Crippen LogP contribution in [0.4, 0.5) is 5.69 Å². The number of aliphatic hydroxyl groups excluding tert-OH is 1. The summed E-state index contributed by atoms with van der Waals surface area (Å²) in [4.78, 5) is 0. The summed E-state index contributed by atoms with van der Waals surface area (Å²) in [6.45, 7) is -0.246. The molecule has 0 spiro atoms. The maximum Gasteiger partial charge on any atom is 0.235 e. The standard InChI is InChI=1S/C14H17NO3S/c16-11-5-7-12-6-1-4-10-14(12)15-19(17,18)13-8-2-3-9-13/h1,4,6,10,13,15-16H,2-3,8-9,11H2. The lowest BCUT2D eigenvalue weighted by Crippen LogP contribution is -2.25. The molecule has 102 valence electrons. The summed E-state index contributed by atoms with van der Waals surface area (Å²) in [7, 11) is -3.34. The van der Waals surface area contributed by atoms with Gasteiger partial charge in [0.1, 0.15) is 6.61 Å². The molecule has 2 N–H and O–H groups in total. The molecule has 4 nitrogen and oxygen atoms in total. The van der Waals surface area contributed by atoms with E-state index in [1.54, 1.807) is 24.3 Å². The maximum absolute atomic E-state index is 12.2. The van der Waals surface area contributed by atoms with Crippen LogP contribution < -0.4 is 4.72 Å². The Hall–Kier alpha value is -1.51. The van der Waals surface area contributed by atoms with Gasteiger partial charge in [-0.25, -0.2) is 8.42 Å². The Morgan fingerprint density at radius 3 is 2.63 bits per heavy atom. The Labute approximate surface area is 113 Å². The first-order valence-electron chi connectivity index (χ1n) is 6.34. The predicted octanol–water partition coefficient (Wildman–Crippen LogP) is 1.71. The molecule has 1 aliphatic carbocycles. The molecule has 1 aliphatic rings. The average molecular weight is 279 g/mol. The maximum atomic E-state index is 12.2. The summed E-state index contributed by atoms with van der Waals surface area (Å²) in [6, 6.07) is 6.97. The number of rotatable bonds is 3. The normalized spacial score (nSPS) is 15.8. The molecule has 19 heavy (non-hydrogen) atoms. The number of nitrogens with one attached hydrogen (secondary N) is 1. The summed E-state index contributed by atoms with van der Waals surface area (Å²) in [6.07, 6.45) is 3.38. The van der Waals surface area contributed by atoms with Gasteiger partial charge >= 0.3 is 0 Å². The molecule has 0 heterocycles. The molecule has 0 aliphatic heterocycles. The number of para-hydroxylation sites is 1. The Balaban J connectivity index is 2.23. The van der Waals surface area contributed by atoms with Crippen molar-refractivity contribution in [3.05, 3.63) is 29.8 Å². The van der Waals surface area contributed by atoms with E-state index in [9.17, 15) is 8.42 Å². The Morgan fingerprint density at radius 1 is 1.26 bits per heavy atom. The summed E-state index contributed by atoms with van der Waals surface area (Å²) in [5.74, 6) is 5.28. The van der Waals surface area contributed by atoms with Gasteiger partial charge in [0.05, 0.1) is 10.9 Å². The smallest absolute Gasteiger partial charge is 0.235 e. The highest BCUT2D eigenvalue weighted by atomic mass is 32.2. The monoisotopic (exact) mass is 279 g/mol. The number of aliphatic hydroxyl groups is 1. The van der Waals surface area contributed by atoms with Crippen molar-refractivity contribution in [1.29, 1.82) is 0 Å². The molecule has 0 atom stereocenters. The van der Waals surface area contributed by atoms with Gasteiger partial charge in [-0.15, -0.1) is 0 Å². The first-order valence-corrected chi connectivity index (χ1v) is 7.88. The zero-order valence-electron chi connectivity index (χ0n) is 10.6. The van der Waals surface area contributed by atoms with Crippen LogP contribution in [-0.2, 0) is 10.0 Å². The summed E-state index contributed by atoms with van der Waals surface area (Å²) >= 11 is 0. The van der Waals surface area contributed by atoms with Gasteiger partial charge < -0.3 is 5.11 Å². The molecule has 0 saturated heterocycles. The minimum Gasteiger partial charge on any atom is -0.384 e. The number of anilines is 1. The van der Waals surface area contributed by atoms with E-state index in [1.807, 2.05) is 0 Å². The number of hydrogen-bond acceptors (Lipinski definition) is 3. The summed E-state index contributed by atoms with van der Waals surface area (Å²) in [5, 5.41) is 8.41. The van der Waals surface area contributed by atoms with Crippen LogP contribution >= 0.6 is 0 Å². The second-order valence-electron chi connectivity index (χ2n) is 4.56. The van der Waals surface area contributed by atoms with Crippen molar-refractivity contribution in [3.63, 3.8) is 0 Å². The van der Waals surface area contributed by atoms with Crippen LogP contribution in [0.1, 0.15) is 31.2 Å².